The number of anilines is 1. The second-order valence-electron chi connectivity index (χ2n) is 4.44. The van der Waals surface area contributed by atoms with Gasteiger partial charge in [0.25, 0.3) is 0 Å². The molecule has 0 heterocycles. The van der Waals surface area contributed by atoms with Crippen molar-refractivity contribution in [3.05, 3.63) is 28.3 Å². The highest BCUT2D eigenvalue weighted by molar-refractivity contribution is 7.88. The van der Waals surface area contributed by atoms with Crippen LogP contribution in [0, 0.1) is 10.1 Å². The first-order chi connectivity index (χ1) is 10.1. The fraction of sp³-hybridized carbons (Fsp3) is 0.417. The van der Waals surface area contributed by atoms with Gasteiger partial charge in [0.2, 0.25) is 15.9 Å². The summed E-state index contributed by atoms with van der Waals surface area (Å²) >= 11 is 0. The maximum absolute atomic E-state index is 11.8. The standard InChI is InChI=1S/C12H17N3O6S/c1-4-21-11-7-9(5-6-10(11)15(17)18)13-12(16)8-14(2)22(3,19)20/h5-7H,4,8H2,1-3H3,(H,13,16). The van der Waals surface area contributed by atoms with E-state index in [1.54, 1.807) is 6.92 Å². The van der Waals surface area contributed by atoms with Crippen molar-refractivity contribution in [2.24, 2.45) is 0 Å². The van der Waals surface area contributed by atoms with E-state index in [0.29, 0.717) is 0 Å². The Bertz CT molecular complexity index is 673. The molecule has 10 heteroatoms. The van der Waals surface area contributed by atoms with E-state index < -0.39 is 20.9 Å². The summed E-state index contributed by atoms with van der Waals surface area (Å²) in [5.41, 5.74) is 0.0639. The van der Waals surface area contributed by atoms with Crippen molar-refractivity contribution in [3.8, 4) is 5.75 Å². The summed E-state index contributed by atoms with van der Waals surface area (Å²) in [6.45, 7) is 1.55. The van der Waals surface area contributed by atoms with Gasteiger partial charge in [-0.15, -0.1) is 0 Å². The molecule has 0 atom stereocenters. The fourth-order valence-electron chi connectivity index (χ4n) is 1.53. The number of hydrogen-bond donors (Lipinski definition) is 1. The van der Waals surface area contributed by atoms with Crippen LogP contribution < -0.4 is 10.1 Å². The summed E-state index contributed by atoms with van der Waals surface area (Å²) in [4.78, 5) is 22.0. The molecular formula is C12H17N3O6S. The minimum atomic E-state index is -3.47. The first kappa shape index (κ1) is 17.9. The monoisotopic (exact) mass is 331 g/mol. The van der Waals surface area contributed by atoms with Crippen LogP contribution in [0.25, 0.3) is 0 Å². The number of likely N-dealkylation sites (N-methyl/N-ethyl adjacent to an activating group) is 1. The van der Waals surface area contributed by atoms with Gasteiger partial charge >= 0.3 is 5.69 Å². The number of nitro groups is 1. The summed E-state index contributed by atoms with van der Waals surface area (Å²) in [6, 6.07) is 3.87. The molecule has 0 bridgehead atoms. The van der Waals surface area contributed by atoms with Crippen LogP contribution >= 0.6 is 0 Å². The van der Waals surface area contributed by atoms with E-state index in [0.717, 1.165) is 10.6 Å². The van der Waals surface area contributed by atoms with Gasteiger partial charge in [-0.25, -0.2) is 8.42 Å². The van der Waals surface area contributed by atoms with E-state index in [2.05, 4.69) is 5.32 Å². The number of rotatable bonds is 7. The van der Waals surface area contributed by atoms with Crippen molar-refractivity contribution < 1.29 is 22.9 Å². The smallest absolute Gasteiger partial charge is 0.311 e. The van der Waals surface area contributed by atoms with Crippen LogP contribution in [0.3, 0.4) is 0 Å². The zero-order valence-corrected chi connectivity index (χ0v) is 13.2. The third-order valence-corrected chi connectivity index (χ3v) is 3.93. The van der Waals surface area contributed by atoms with Crippen molar-refractivity contribution in [3.63, 3.8) is 0 Å². The number of hydrogen-bond acceptors (Lipinski definition) is 6. The highest BCUT2D eigenvalue weighted by atomic mass is 32.2. The highest BCUT2D eigenvalue weighted by Gasteiger charge is 2.18. The molecule has 1 amide bonds. The molecule has 9 nitrogen and oxygen atoms in total. The van der Waals surface area contributed by atoms with Crippen molar-refractivity contribution in [1.29, 1.82) is 0 Å². The molecule has 0 saturated carbocycles. The maximum atomic E-state index is 11.8. The number of nitrogens with zero attached hydrogens (tertiary/aromatic N) is 2. The summed E-state index contributed by atoms with van der Waals surface area (Å²) in [5, 5.41) is 13.3. The number of sulfonamides is 1. The Balaban J connectivity index is 2.88. The molecule has 1 rings (SSSR count). The molecule has 0 fully saturated rings. The SMILES string of the molecule is CCOc1cc(NC(=O)CN(C)S(C)(=O)=O)ccc1[N+](=O)[O-]. The predicted octanol–water partition coefficient (Wildman–Crippen LogP) is 0.823. The van der Waals surface area contributed by atoms with Crippen LogP contribution in [0.15, 0.2) is 18.2 Å². The molecule has 0 aromatic heterocycles. The zero-order valence-electron chi connectivity index (χ0n) is 12.4. The van der Waals surface area contributed by atoms with Gasteiger partial charge < -0.3 is 10.1 Å². The van der Waals surface area contributed by atoms with E-state index in [1.165, 1.54) is 25.2 Å². The Labute approximate surface area is 128 Å². The number of amides is 1. The first-order valence-corrected chi connectivity index (χ1v) is 8.12. The molecule has 0 radical (unpaired) electrons. The van der Waals surface area contributed by atoms with Crippen LogP contribution in [0.2, 0.25) is 0 Å². The number of benzene rings is 1. The van der Waals surface area contributed by atoms with Crippen molar-refractivity contribution in [2.45, 2.75) is 6.92 Å². The first-order valence-electron chi connectivity index (χ1n) is 6.27. The molecule has 0 saturated heterocycles. The average molecular weight is 331 g/mol. The minimum absolute atomic E-state index is 0.0294. The topological polar surface area (TPSA) is 119 Å². The van der Waals surface area contributed by atoms with E-state index in [1.807, 2.05) is 0 Å². The van der Waals surface area contributed by atoms with Gasteiger partial charge in [0, 0.05) is 24.9 Å². The number of ether oxygens (including phenoxy) is 1. The molecule has 0 aliphatic rings. The van der Waals surface area contributed by atoms with Crippen LogP contribution in [0.1, 0.15) is 6.92 Å². The molecule has 122 valence electrons. The molecular weight excluding hydrogens is 314 g/mol. The summed E-state index contributed by atoms with van der Waals surface area (Å²) in [7, 11) is -2.19. The summed E-state index contributed by atoms with van der Waals surface area (Å²) in [6.07, 6.45) is 0.985. The molecule has 22 heavy (non-hydrogen) atoms. The molecule has 1 aromatic rings. The third kappa shape index (κ3) is 4.97. The van der Waals surface area contributed by atoms with Gasteiger partial charge in [-0.05, 0) is 13.0 Å². The molecule has 1 aromatic carbocycles. The zero-order chi connectivity index (χ0) is 16.9. The molecule has 0 aliphatic carbocycles. The van der Waals surface area contributed by atoms with Crippen LogP contribution in [0.4, 0.5) is 11.4 Å². The lowest BCUT2D eigenvalue weighted by Gasteiger charge is -2.14. The number of nitrogens with one attached hydrogen (secondary N) is 1. The van der Waals surface area contributed by atoms with Gasteiger partial charge in [0.05, 0.1) is 24.3 Å². The molecule has 0 unspecified atom stereocenters. The van der Waals surface area contributed by atoms with Gasteiger partial charge in [-0.3, -0.25) is 14.9 Å². The van der Waals surface area contributed by atoms with E-state index in [4.69, 9.17) is 4.74 Å². The minimum Gasteiger partial charge on any atom is -0.487 e. The van der Waals surface area contributed by atoms with Crippen molar-refractivity contribution >= 4 is 27.3 Å². The lowest BCUT2D eigenvalue weighted by Crippen LogP contribution is -2.34. The molecule has 0 aliphatic heterocycles. The highest BCUT2D eigenvalue weighted by Crippen LogP contribution is 2.30. The van der Waals surface area contributed by atoms with Crippen molar-refractivity contribution in [2.75, 3.05) is 31.8 Å². The number of carbonyl (C=O) groups excluding carboxylic acids is 1. The van der Waals surface area contributed by atoms with Gasteiger partial charge in [-0.1, -0.05) is 0 Å². The number of nitro benzene ring substituents is 1. The Morgan fingerprint density at radius 2 is 2.09 bits per heavy atom. The average Bonchev–Trinajstić information content (AvgIpc) is 2.37. The van der Waals surface area contributed by atoms with Crippen LogP contribution in [-0.4, -0.2) is 50.0 Å². The van der Waals surface area contributed by atoms with Gasteiger partial charge in [-0.2, -0.15) is 4.31 Å². The second-order valence-corrected chi connectivity index (χ2v) is 6.53. The van der Waals surface area contributed by atoms with Crippen LogP contribution in [0.5, 0.6) is 5.75 Å². The lowest BCUT2D eigenvalue weighted by molar-refractivity contribution is -0.385. The Hall–Kier alpha value is -2.20. The van der Waals surface area contributed by atoms with Gasteiger partial charge in [0.1, 0.15) is 0 Å². The Morgan fingerprint density at radius 1 is 1.45 bits per heavy atom. The molecule has 0 spiro atoms. The Morgan fingerprint density at radius 3 is 2.59 bits per heavy atom. The normalized spacial score (nSPS) is 11.3. The van der Waals surface area contributed by atoms with E-state index in [9.17, 15) is 23.3 Å². The Kier molecular flexibility index (Phi) is 5.83. The molecule has 1 N–H and O–H groups in total. The lowest BCUT2D eigenvalue weighted by atomic mass is 10.2. The van der Waals surface area contributed by atoms with Crippen LogP contribution in [-0.2, 0) is 14.8 Å². The van der Waals surface area contributed by atoms with Crippen molar-refractivity contribution in [1.82, 2.24) is 4.31 Å². The summed E-state index contributed by atoms with van der Waals surface area (Å²) in [5.74, 6) is -0.536. The van der Waals surface area contributed by atoms with E-state index >= 15 is 0 Å². The predicted molar refractivity (Wildman–Crippen MR) is 80.4 cm³/mol. The summed E-state index contributed by atoms with van der Waals surface area (Å²) < 4.78 is 28.5. The number of carbonyl (C=O) groups is 1. The van der Waals surface area contributed by atoms with Gasteiger partial charge in [0.15, 0.2) is 5.75 Å². The van der Waals surface area contributed by atoms with E-state index in [-0.39, 0.29) is 30.3 Å². The maximum Gasteiger partial charge on any atom is 0.311 e. The quantitative estimate of drug-likeness (QED) is 0.583. The largest absolute Gasteiger partial charge is 0.487 e. The second kappa shape index (κ2) is 7.18. The third-order valence-electron chi connectivity index (χ3n) is 2.67. The fourth-order valence-corrected chi connectivity index (χ4v) is 1.89.